The van der Waals surface area contributed by atoms with E-state index in [0.717, 1.165) is 17.7 Å². The van der Waals surface area contributed by atoms with Crippen LogP contribution in [0.25, 0.3) is 0 Å². The summed E-state index contributed by atoms with van der Waals surface area (Å²) in [6.45, 7) is 7.02. The molecule has 6 nitrogen and oxygen atoms in total. The van der Waals surface area contributed by atoms with E-state index < -0.39 is 10.0 Å². The number of carbonyl (C=O) groups excluding carboxylic acids is 1. The molecule has 1 saturated heterocycles. The standard InChI is InChI=1S/C23H30N2O4S/c1-4-18-6-8-20(9-7-18)24-23(26)19-12-14-25(15-13-19)30(27,28)21-10-11-22(29-5-2)17(3)16-21/h6-11,16,19H,4-5,12-15H2,1-3H3,(H,24,26). The SMILES string of the molecule is CCOc1ccc(S(=O)(=O)N2CCC(C(=O)Nc3ccc(CC)cc3)CC2)cc1C. The maximum Gasteiger partial charge on any atom is 0.243 e. The molecule has 0 unspecified atom stereocenters. The lowest BCUT2D eigenvalue weighted by molar-refractivity contribution is -0.120. The fraction of sp³-hybridized carbons (Fsp3) is 0.435. The molecule has 2 aromatic rings. The molecule has 0 aliphatic carbocycles. The summed E-state index contributed by atoms with van der Waals surface area (Å²) in [6.07, 6.45) is 1.97. The number of nitrogens with zero attached hydrogens (tertiary/aromatic N) is 1. The average Bonchev–Trinajstić information content (AvgIpc) is 2.76. The van der Waals surface area contributed by atoms with Gasteiger partial charge in [-0.2, -0.15) is 4.31 Å². The van der Waals surface area contributed by atoms with Gasteiger partial charge in [-0.25, -0.2) is 8.42 Å². The Balaban J connectivity index is 1.61. The van der Waals surface area contributed by atoms with Crippen LogP contribution < -0.4 is 10.1 Å². The van der Waals surface area contributed by atoms with Crippen LogP contribution in [0.1, 0.15) is 37.8 Å². The van der Waals surface area contributed by atoms with Crippen molar-refractivity contribution >= 4 is 21.6 Å². The lowest BCUT2D eigenvalue weighted by Crippen LogP contribution is -2.41. The van der Waals surface area contributed by atoms with Gasteiger partial charge < -0.3 is 10.1 Å². The highest BCUT2D eigenvalue weighted by molar-refractivity contribution is 7.89. The maximum atomic E-state index is 13.0. The lowest BCUT2D eigenvalue weighted by Gasteiger charge is -2.30. The molecule has 1 heterocycles. The van der Waals surface area contributed by atoms with Crippen molar-refractivity contribution in [3.63, 3.8) is 0 Å². The summed E-state index contributed by atoms with van der Waals surface area (Å²) in [4.78, 5) is 12.9. The van der Waals surface area contributed by atoms with Crippen molar-refractivity contribution in [3.05, 3.63) is 53.6 Å². The maximum absolute atomic E-state index is 13.0. The summed E-state index contributed by atoms with van der Waals surface area (Å²) in [7, 11) is -3.59. The van der Waals surface area contributed by atoms with E-state index in [1.807, 2.05) is 38.1 Å². The number of carbonyl (C=O) groups is 1. The zero-order chi connectivity index (χ0) is 21.7. The number of hydrogen-bond donors (Lipinski definition) is 1. The van der Waals surface area contributed by atoms with Crippen molar-refractivity contribution in [2.75, 3.05) is 25.0 Å². The van der Waals surface area contributed by atoms with Crippen LogP contribution in [0.3, 0.4) is 0 Å². The highest BCUT2D eigenvalue weighted by Gasteiger charge is 2.32. The summed E-state index contributed by atoms with van der Waals surface area (Å²) in [5, 5.41) is 2.95. The van der Waals surface area contributed by atoms with E-state index in [1.165, 1.54) is 9.87 Å². The first-order valence-corrected chi connectivity index (χ1v) is 11.9. The number of aryl methyl sites for hydroxylation is 2. The fourth-order valence-electron chi connectivity index (χ4n) is 3.68. The molecule has 1 fully saturated rings. The minimum Gasteiger partial charge on any atom is -0.494 e. The van der Waals surface area contributed by atoms with E-state index in [-0.39, 0.29) is 16.7 Å². The molecule has 0 bridgehead atoms. The van der Waals surface area contributed by atoms with E-state index >= 15 is 0 Å². The van der Waals surface area contributed by atoms with E-state index in [4.69, 9.17) is 4.74 Å². The third-order valence-electron chi connectivity index (χ3n) is 5.54. The number of amides is 1. The molecule has 0 saturated carbocycles. The molecule has 0 spiro atoms. The second-order valence-electron chi connectivity index (χ2n) is 7.58. The molecule has 0 radical (unpaired) electrons. The Bertz CT molecular complexity index is 979. The zero-order valence-corrected chi connectivity index (χ0v) is 18.7. The van der Waals surface area contributed by atoms with E-state index in [1.54, 1.807) is 18.2 Å². The van der Waals surface area contributed by atoms with Gasteiger partial charge in [0, 0.05) is 24.7 Å². The van der Waals surface area contributed by atoms with Crippen molar-refractivity contribution < 1.29 is 17.9 Å². The van der Waals surface area contributed by atoms with Gasteiger partial charge in [0.2, 0.25) is 15.9 Å². The average molecular weight is 431 g/mol. The number of benzene rings is 2. The Morgan fingerprint density at radius 1 is 1.10 bits per heavy atom. The number of hydrogen-bond acceptors (Lipinski definition) is 4. The molecule has 0 aromatic heterocycles. The van der Waals surface area contributed by atoms with Crippen molar-refractivity contribution in [1.29, 1.82) is 0 Å². The largest absolute Gasteiger partial charge is 0.494 e. The smallest absolute Gasteiger partial charge is 0.243 e. The van der Waals surface area contributed by atoms with Gasteiger partial charge in [-0.15, -0.1) is 0 Å². The van der Waals surface area contributed by atoms with Gasteiger partial charge >= 0.3 is 0 Å². The molecule has 1 amide bonds. The Hall–Kier alpha value is -2.38. The Morgan fingerprint density at radius 2 is 1.77 bits per heavy atom. The van der Waals surface area contributed by atoms with Gasteiger partial charge in [0.15, 0.2) is 0 Å². The molecule has 1 aliphatic rings. The Labute approximate surface area is 179 Å². The second kappa shape index (κ2) is 9.62. The number of nitrogens with one attached hydrogen (secondary N) is 1. The van der Waals surface area contributed by atoms with Gasteiger partial charge in [0.05, 0.1) is 11.5 Å². The van der Waals surface area contributed by atoms with Crippen LogP contribution in [0.4, 0.5) is 5.69 Å². The molecule has 30 heavy (non-hydrogen) atoms. The first-order valence-electron chi connectivity index (χ1n) is 10.5. The van der Waals surface area contributed by atoms with Crippen molar-refractivity contribution in [2.24, 2.45) is 5.92 Å². The van der Waals surface area contributed by atoms with Crippen molar-refractivity contribution in [2.45, 2.75) is 44.9 Å². The summed E-state index contributed by atoms with van der Waals surface area (Å²) in [5.74, 6) is 0.455. The molecular weight excluding hydrogens is 400 g/mol. The van der Waals surface area contributed by atoms with Crippen LogP contribution in [0.15, 0.2) is 47.4 Å². The van der Waals surface area contributed by atoms with Crippen LogP contribution in [0.5, 0.6) is 5.75 Å². The molecule has 1 N–H and O–H groups in total. The van der Waals surface area contributed by atoms with E-state index in [0.29, 0.717) is 38.3 Å². The molecule has 162 valence electrons. The second-order valence-corrected chi connectivity index (χ2v) is 9.52. The Kier molecular flexibility index (Phi) is 7.15. The number of rotatable bonds is 7. The molecular formula is C23H30N2O4S. The van der Waals surface area contributed by atoms with Gasteiger partial charge in [-0.3, -0.25) is 4.79 Å². The number of ether oxygens (including phenoxy) is 1. The van der Waals surface area contributed by atoms with Crippen molar-refractivity contribution in [1.82, 2.24) is 4.31 Å². The van der Waals surface area contributed by atoms with Crippen molar-refractivity contribution in [3.8, 4) is 5.75 Å². The lowest BCUT2D eigenvalue weighted by atomic mass is 9.97. The minimum absolute atomic E-state index is 0.0480. The van der Waals surface area contributed by atoms with Crippen LogP contribution in [0.2, 0.25) is 0 Å². The fourth-order valence-corrected chi connectivity index (χ4v) is 5.23. The first-order chi connectivity index (χ1) is 14.3. The van der Waals surface area contributed by atoms with Gasteiger partial charge in [-0.1, -0.05) is 19.1 Å². The van der Waals surface area contributed by atoms with Gasteiger partial charge in [0.1, 0.15) is 5.75 Å². The molecule has 2 aromatic carbocycles. The summed E-state index contributed by atoms with van der Waals surface area (Å²) >= 11 is 0. The normalized spacial score (nSPS) is 15.7. The predicted octanol–water partition coefficient (Wildman–Crippen LogP) is 4.00. The van der Waals surface area contributed by atoms with Crippen LogP contribution in [-0.2, 0) is 21.2 Å². The first kappa shape index (κ1) is 22.3. The van der Waals surface area contributed by atoms with E-state index in [9.17, 15) is 13.2 Å². The molecule has 1 aliphatic heterocycles. The van der Waals surface area contributed by atoms with Crippen LogP contribution in [0, 0.1) is 12.8 Å². The minimum atomic E-state index is -3.59. The zero-order valence-electron chi connectivity index (χ0n) is 17.8. The third-order valence-corrected chi connectivity index (χ3v) is 7.43. The Morgan fingerprint density at radius 3 is 2.33 bits per heavy atom. The quantitative estimate of drug-likeness (QED) is 0.721. The van der Waals surface area contributed by atoms with Gasteiger partial charge in [0.25, 0.3) is 0 Å². The monoisotopic (exact) mass is 430 g/mol. The number of piperidine rings is 1. The number of anilines is 1. The van der Waals surface area contributed by atoms with Crippen LogP contribution in [-0.4, -0.2) is 38.3 Å². The molecule has 3 rings (SSSR count). The van der Waals surface area contributed by atoms with E-state index in [2.05, 4.69) is 12.2 Å². The topological polar surface area (TPSA) is 75.7 Å². The summed E-state index contributed by atoms with van der Waals surface area (Å²) in [5.41, 5.74) is 2.79. The predicted molar refractivity (Wildman–Crippen MR) is 118 cm³/mol. The number of sulfonamides is 1. The summed E-state index contributed by atoms with van der Waals surface area (Å²) in [6, 6.07) is 12.8. The molecule has 0 atom stereocenters. The van der Waals surface area contributed by atoms with Crippen LogP contribution >= 0.6 is 0 Å². The highest BCUT2D eigenvalue weighted by Crippen LogP contribution is 2.28. The third kappa shape index (κ3) is 5.02. The summed E-state index contributed by atoms with van der Waals surface area (Å²) < 4.78 is 33.0. The van der Waals surface area contributed by atoms with Gasteiger partial charge in [-0.05, 0) is 74.6 Å². The highest BCUT2D eigenvalue weighted by atomic mass is 32.2. The molecule has 7 heteroatoms.